The number of para-hydroxylation sites is 1. The SMILES string of the molecule is CC1(c2ccc(Cl)cc2Cl)NC(=O)N(CC(=O)N2CCCc3ccccc32)C1=O. The topological polar surface area (TPSA) is 69.7 Å². The van der Waals surface area contributed by atoms with Gasteiger partial charge in [-0.15, -0.1) is 0 Å². The van der Waals surface area contributed by atoms with Crippen LogP contribution in [0, 0.1) is 0 Å². The highest BCUT2D eigenvalue weighted by atomic mass is 35.5. The van der Waals surface area contributed by atoms with Crippen LogP contribution in [-0.4, -0.2) is 35.8 Å². The van der Waals surface area contributed by atoms with Crippen molar-refractivity contribution in [3.63, 3.8) is 0 Å². The van der Waals surface area contributed by atoms with Crippen molar-refractivity contribution >= 4 is 46.7 Å². The lowest BCUT2D eigenvalue weighted by atomic mass is 9.92. The van der Waals surface area contributed by atoms with Crippen LogP contribution in [0.3, 0.4) is 0 Å². The zero-order valence-corrected chi connectivity index (χ0v) is 17.3. The van der Waals surface area contributed by atoms with E-state index < -0.39 is 17.5 Å². The van der Waals surface area contributed by atoms with Crippen LogP contribution in [0.2, 0.25) is 10.0 Å². The molecule has 8 heteroatoms. The van der Waals surface area contributed by atoms with E-state index in [1.54, 1.807) is 24.0 Å². The maximum absolute atomic E-state index is 13.1. The van der Waals surface area contributed by atoms with Crippen LogP contribution >= 0.6 is 23.2 Å². The summed E-state index contributed by atoms with van der Waals surface area (Å²) in [5.74, 6) is -0.822. The Morgan fingerprint density at radius 2 is 1.93 bits per heavy atom. The summed E-state index contributed by atoms with van der Waals surface area (Å²) < 4.78 is 0. The Labute approximate surface area is 178 Å². The zero-order valence-electron chi connectivity index (χ0n) is 15.7. The fourth-order valence-corrected chi connectivity index (χ4v) is 4.53. The lowest BCUT2D eigenvalue weighted by Crippen LogP contribution is -2.46. The minimum Gasteiger partial charge on any atom is -0.319 e. The van der Waals surface area contributed by atoms with Crippen LogP contribution < -0.4 is 10.2 Å². The van der Waals surface area contributed by atoms with E-state index in [-0.39, 0.29) is 17.5 Å². The zero-order chi connectivity index (χ0) is 20.8. The number of imide groups is 1. The number of anilines is 1. The minimum atomic E-state index is -1.36. The van der Waals surface area contributed by atoms with Gasteiger partial charge in [-0.2, -0.15) is 0 Å². The smallest absolute Gasteiger partial charge is 0.319 e. The van der Waals surface area contributed by atoms with Crippen molar-refractivity contribution in [2.45, 2.75) is 25.3 Å². The molecule has 1 fully saturated rings. The number of urea groups is 1. The van der Waals surface area contributed by atoms with Crippen molar-refractivity contribution in [3.05, 3.63) is 63.6 Å². The second-order valence-corrected chi connectivity index (χ2v) is 8.19. The molecule has 1 atom stereocenters. The second-order valence-electron chi connectivity index (χ2n) is 7.35. The Kier molecular flexibility index (Phi) is 5.00. The van der Waals surface area contributed by atoms with Gasteiger partial charge in [-0.25, -0.2) is 4.79 Å². The molecule has 0 radical (unpaired) electrons. The fraction of sp³-hybridized carbons (Fsp3) is 0.286. The van der Waals surface area contributed by atoms with Crippen molar-refractivity contribution in [1.29, 1.82) is 0 Å². The number of nitrogens with zero attached hydrogens (tertiary/aromatic N) is 2. The molecule has 1 N–H and O–H groups in total. The molecular weight excluding hydrogens is 413 g/mol. The Morgan fingerprint density at radius 1 is 1.17 bits per heavy atom. The van der Waals surface area contributed by atoms with Gasteiger partial charge in [0.05, 0.1) is 0 Å². The highest BCUT2D eigenvalue weighted by molar-refractivity contribution is 6.35. The minimum absolute atomic E-state index is 0.270. The molecule has 0 aliphatic carbocycles. The van der Waals surface area contributed by atoms with Crippen molar-refractivity contribution in [1.82, 2.24) is 10.2 Å². The van der Waals surface area contributed by atoms with Crippen LogP contribution in [-0.2, 0) is 21.5 Å². The summed E-state index contributed by atoms with van der Waals surface area (Å²) in [4.78, 5) is 41.3. The summed E-state index contributed by atoms with van der Waals surface area (Å²) in [6, 6.07) is 11.8. The number of carbonyl (C=O) groups is 3. The number of aryl methyl sites for hydroxylation is 1. The van der Waals surface area contributed by atoms with Gasteiger partial charge in [0, 0.05) is 27.8 Å². The lowest BCUT2D eigenvalue weighted by molar-refractivity contribution is -0.134. The third kappa shape index (κ3) is 3.36. The summed E-state index contributed by atoms with van der Waals surface area (Å²) in [5.41, 5.74) is 0.986. The van der Waals surface area contributed by atoms with Crippen molar-refractivity contribution in [2.24, 2.45) is 0 Å². The molecule has 150 valence electrons. The largest absolute Gasteiger partial charge is 0.325 e. The van der Waals surface area contributed by atoms with E-state index in [2.05, 4.69) is 5.32 Å². The Hall–Kier alpha value is -2.57. The third-order valence-corrected chi connectivity index (χ3v) is 6.00. The molecular formula is C21H19Cl2N3O3. The summed E-state index contributed by atoms with van der Waals surface area (Å²) >= 11 is 12.2. The maximum Gasteiger partial charge on any atom is 0.325 e. The number of hydrogen-bond acceptors (Lipinski definition) is 3. The van der Waals surface area contributed by atoms with E-state index in [4.69, 9.17) is 23.2 Å². The Balaban J connectivity index is 1.58. The Bertz CT molecular complexity index is 1030. The molecule has 6 nitrogen and oxygen atoms in total. The van der Waals surface area contributed by atoms with Gasteiger partial charge < -0.3 is 10.2 Å². The van der Waals surface area contributed by atoms with E-state index in [9.17, 15) is 14.4 Å². The number of nitrogens with one attached hydrogen (secondary N) is 1. The van der Waals surface area contributed by atoms with Crippen LogP contribution in [0.15, 0.2) is 42.5 Å². The summed E-state index contributed by atoms with van der Waals surface area (Å²) in [6.45, 7) is 1.79. The average molecular weight is 432 g/mol. The van der Waals surface area contributed by atoms with E-state index in [1.807, 2.05) is 24.3 Å². The lowest BCUT2D eigenvalue weighted by Gasteiger charge is -2.30. The number of amides is 4. The van der Waals surface area contributed by atoms with E-state index in [0.717, 1.165) is 29.0 Å². The van der Waals surface area contributed by atoms with Gasteiger partial charge >= 0.3 is 6.03 Å². The van der Waals surface area contributed by atoms with Crippen LogP contribution in [0.5, 0.6) is 0 Å². The first-order valence-electron chi connectivity index (χ1n) is 9.29. The molecule has 0 bridgehead atoms. The van der Waals surface area contributed by atoms with E-state index >= 15 is 0 Å². The summed E-state index contributed by atoms with van der Waals surface area (Å²) in [7, 11) is 0. The highest BCUT2D eigenvalue weighted by Crippen LogP contribution is 2.35. The third-order valence-electron chi connectivity index (χ3n) is 5.45. The van der Waals surface area contributed by atoms with Gasteiger partial charge in [0.1, 0.15) is 12.1 Å². The predicted molar refractivity (Wildman–Crippen MR) is 111 cm³/mol. The van der Waals surface area contributed by atoms with Gasteiger partial charge in [0.25, 0.3) is 5.91 Å². The van der Waals surface area contributed by atoms with Gasteiger partial charge in [-0.1, -0.05) is 47.5 Å². The normalized spacial score (nSPS) is 21.2. The number of rotatable bonds is 3. The fourth-order valence-electron chi connectivity index (χ4n) is 3.93. The first kappa shape index (κ1) is 19.7. The molecule has 2 aliphatic rings. The molecule has 0 aromatic heterocycles. The highest BCUT2D eigenvalue weighted by Gasteiger charge is 2.50. The first-order valence-corrected chi connectivity index (χ1v) is 10.0. The quantitative estimate of drug-likeness (QED) is 0.752. The average Bonchev–Trinajstić information content (AvgIpc) is 2.91. The molecule has 2 aliphatic heterocycles. The molecule has 29 heavy (non-hydrogen) atoms. The molecule has 4 rings (SSSR count). The monoisotopic (exact) mass is 431 g/mol. The van der Waals surface area contributed by atoms with Gasteiger partial charge in [-0.3, -0.25) is 14.5 Å². The van der Waals surface area contributed by atoms with E-state index in [0.29, 0.717) is 17.1 Å². The number of halogens is 2. The van der Waals surface area contributed by atoms with Crippen LogP contribution in [0.1, 0.15) is 24.5 Å². The van der Waals surface area contributed by atoms with Gasteiger partial charge in [0.15, 0.2) is 0 Å². The van der Waals surface area contributed by atoms with Gasteiger partial charge in [-0.05, 0) is 43.5 Å². The molecule has 1 saturated heterocycles. The molecule has 1 unspecified atom stereocenters. The van der Waals surface area contributed by atoms with E-state index in [1.165, 1.54) is 6.07 Å². The predicted octanol–water partition coefficient (Wildman–Crippen LogP) is 3.74. The molecule has 2 heterocycles. The summed E-state index contributed by atoms with van der Waals surface area (Å²) in [5, 5.41) is 3.37. The first-order chi connectivity index (χ1) is 13.8. The van der Waals surface area contributed by atoms with Crippen molar-refractivity contribution < 1.29 is 14.4 Å². The number of fused-ring (bicyclic) bond motifs is 1. The molecule has 2 aromatic rings. The maximum atomic E-state index is 13.1. The Morgan fingerprint density at radius 3 is 2.69 bits per heavy atom. The number of carbonyl (C=O) groups excluding carboxylic acids is 3. The number of hydrogen-bond donors (Lipinski definition) is 1. The second kappa shape index (κ2) is 7.35. The van der Waals surface area contributed by atoms with Gasteiger partial charge in [0.2, 0.25) is 5.91 Å². The molecule has 0 saturated carbocycles. The molecule has 2 aromatic carbocycles. The molecule has 4 amide bonds. The van der Waals surface area contributed by atoms with Crippen molar-refractivity contribution in [3.8, 4) is 0 Å². The number of benzene rings is 2. The van der Waals surface area contributed by atoms with Crippen LogP contribution in [0.25, 0.3) is 0 Å². The standard InChI is InChI=1S/C21H19Cl2N3O3/c1-21(15-9-8-14(22)11-16(15)23)19(28)26(20(29)24-21)12-18(27)25-10-4-6-13-5-2-3-7-17(13)25/h2-3,5,7-9,11H,4,6,10,12H2,1H3,(H,24,29). The molecule has 0 spiro atoms. The summed E-state index contributed by atoms with van der Waals surface area (Å²) in [6.07, 6.45) is 1.73. The van der Waals surface area contributed by atoms with Crippen molar-refractivity contribution in [2.75, 3.05) is 18.0 Å². The van der Waals surface area contributed by atoms with Crippen LogP contribution in [0.4, 0.5) is 10.5 Å².